The predicted molar refractivity (Wildman–Crippen MR) is 318 cm³/mol. The van der Waals surface area contributed by atoms with Crippen LogP contribution >= 0.6 is 7.82 Å². The molecule has 73 heavy (non-hydrogen) atoms. The summed E-state index contributed by atoms with van der Waals surface area (Å²) in [7, 11) is 1.57. The maximum atomic E-state index is 13.0. The van der Waals surface area contributed by atoms with E-state index in [1.165, 1.54) is 257 Å². The molecular formula is C64H126N2O6P+. The summed E-state index contributed by atoms with van der Waals surface area (Å²) in [6.07, 6.45) is 72.7. The van der Waals surface area contributed by atoms with E-state index in [0.717, 1.165) is 38.5 Å². The van der Waals surface area contributed by atoms with E-state index in [-0.39, 0.29) is 19.1 Å². The first-order valence-electron chi connectivity index (χ1n) is 31.9. The Morgan fingerprint density at radius 3 is 1.10 bits per heavy atom. The van der Waals surface area contributed by atoms with Crippen LogP contribution in [0.2, 0.25) is 0 Å². The predicted octanol–water partition coefficient (Wildman–Crippen LogP) is 19.7. The Morgan fingerprint density at radius 1 is 0.452 bits per heavy atom. The molecule has 0 heterocycles. The molecule has 9 heteroatoms. The van der Waals surface area contributed by atoms with Gasteiger partial charge in [-0.05, 0) is 57.8 Å². The van der Waals surface area contributed by atoms with Gasteiger partial charge in [-0.15, -0.1) is 0 Å². The number of nitrogens with one attached hydrogen (secondary N) is 1. The van der Waals surface area contributed by atoms with Gasteiger partial charge in [0.05, 0.1) is 39.9 Å². The van der Waals surface area contributed by atoms with Gasteiger partial charge >= 0.3 is 7.82 Å². The quantitative estimate of drug-likeness (QED) is 0.0243. The van der Waals surface area contributed by atoms with Gasteiger partial charge in [0.2, 0.25) is 5.91 Å². The summed E-state index contributed by atoms with van der Waals surface area (Å²) < 4.78 is 23.7. The summed E-state index contributed by atoms with van der Waals surface area (Å²) in [5.41, 5.74) is 0. The summed E-state index contributed by atoms with van der Waals surface area (Å²) in [5.74, 6) is -0.181. The van der Waals surface area contributed by atoms with E-state index >= 15 is 0 Å². The van der Waals surface area contributed by atoms with Gasteiger partial charge in [-0.25, -0.2) is 4.57 Å². The number of amides is 1. The number of allylic oxidation sites excluding steroid dienone is 5. The van der Waals surface area contributed by atoms with E-state index in [4.69, 9.17) is 9.05 Å². The monoisotopic (exact) mass is 1050 g/mol. The van der Waals surface area contributed by atoms with Crippen LogP contribution in [0.15, 0.2) is 36.5 Å². The first kappa shape index (κ1) is 71.7. The topological polar surface area (TPSA) is 105 Å². The van der Waals surface area contributed by atoms with Crippen LogP contribution in [0.3, 0.4) is 0 Å². The van der Waals surface area contributed by atoms with Crippen LogP contribution in [0, 0.1) is 0 Å². The third-order valence-corrected chi connectivity index (χ3v) is 15.6. The largest absolute Gasteiger partial charge is 0.472 e. The zero-order valence-electron chi connectivity index (χ0n) is 49.4. The van der Waals surface area contributed by atoms with Crippen molar-refractivity contribution in [1.29, 1.82) is 0 Å². The molecule has 0 aromatic heterocycles. The second kappa shape index (κ2) is 55.5. The van der Waals surface area contributed by atoms with Crippen LogP contribution in [0.25, 0.3) is 0 Å². The molecule has 0 aliphatic heterocycles. The Kier molecular flexibility index (Phi) is 54.5. The Bertz CT molecular complexity index is 1280. The third-order valence-electron chi connectivity index (χ3n) is 14.6. The molecule has 432 valence electrons. The minimum absolute atomic E-state index is 0.0577. The van der Waals surface area contributed by atoms with Crippen molar-refractivity contribution in [2.45, 2.75) is 328 Å². The molecule has 1 amide bonds. The van der Waals surface area contributed by atoms with Gasteiger partial charge in [0.15, 0.2) is 0 Å². The number of likely N-dealkylation sites (N-methyl/N-ethyl adjacent to an activating group) is 1. The summed E-state index contributed by atoms with van der Waals surface area (Å²) >= 11 is 0. The van der Waals surface area contributed by atoms with Crippen LogP contribution in [-0.2, 0) is 18.4 Å². The van der Waals surface area contributed by atoms with Gasteiger partial charge in [0.25, 0.3) is 0 Å². The number of quaternary nitrogens is 1. The highest BCUT2D eigenvalue weighted by Crippen LogP contribution is 2.43. The summed E-state index contributed by atoms with van der Waals surface area (Å²) in [6, 6.07) is -0.863. The second-order valence-electron chi connectivity index (χ2n) is 23.1. The lowest BCUT2D eigenvalue weighted by Gasteiger charge is -2.25. The number of rotatable bonds is 59. The lowest BCUT2D eigenvalue weighted by Crippen LogP contribution is -2.45. The number of phosphoric acid groups is 1. The SMILES string of the molecule is CCCCCCCCCC/C=C\CCCCCCCCCCCCCCCCCCCC(=O)NC(COP(=O)(O)OCC[N+](C)(C)C)C(O)/C=C/CC/C=C/CCCCCCCCCCCCCCCCCC. The van der Waals surface area contributed by atoms with Crippen LogP contribution in [0.5, 0.6) is 0 Å². The van der Waals surface area contributed by atoms with Crippen molar-refractivity contribution >= 4 is 13.7 Å². The first-order chi connectivity index (χ1) is 35.5. The molecule has 3 N–H and O–H groups in total. The number of hydrogen-bond donors (Lipinski definition) is 3. The number of carbonyl (C=O) groups is 1. The lowest BCUT2D eigenvalue weighted by atomic mass is 10.0. The summed E-state index contributed by atoms with van der Waals surface area (Å²) in [5, 5.41) is 14.0. The van der Waals surface area contributed by atoms with Crippen LogP contribution in [0.4, 0.5) is 0 Å². The minimum Gasteiger partial charge on any atom is -0.387 e. The summed E-state index contributed by atoms with van der Waals surface area (Å²) in [6.45, 7) is 4.84. The maximum Gasteiger partial charge on any atom is 0.472 e. The lowest BCUT2D eigenvalue weighted by molar-refractivity contribution is -0.870. The molecule has 0 aliphatic carbocycles. The zero-order valence-corrected chi connectivity index (χ0v) is 50.3. The molecule has 0 aromatic carbocycles. The standard InChI is InChI=1S/C64H125N2O6P/c1-6-8-10-12-14-16-18-20-22-24-26-28-30-31-32-33-34-35-36-38-40-42-44-46-48-50-52-54-56-58-64(68)65-62(61-72-73(69,70)71-60-59-66(3,4)5)63(67)57-55-53-51-49-47-45-43-41-39-37-29-27-25-23-21-19-17-15-13-11-9-7-2/h24,26,47,49,55,57,62-63,67H,6-23,25,27-46,48,50-54,56,58-61H2,1-5H3,(H-,65,68,69,70)/p+1/b26-24-,49-47+,57-55+. The van der Waals surface area contributed by atoms with E-state index in [9.17, 15) is 19.4 Å². The fourth-order valence-electron chi connectivity index (χ4n) is 9.59. The number of aliphatic hydroxyl groups is 1. The van der Waals surface area contributed by atoms with Crippen LogP contribution in [-0.4, -0.2) is 73.4 Å². The maximum absolute atomic E-state index is 13.0. The molecule has 0 saturated heterocycles. The van der Waals surface area contributed by atoms with E-state index in [0.29, 0.717) is 17.4 Å². The second-order valence-corrected chi connectivity index (χ2v) is 24.6. The van der Waals surface area contributed by atoms with Crippen molar-refractivity contribution in [2.24, 2.45) is 0 Å². The zero-order chi connectivity index (χ0) is 53.5. The minimum atomic E-state index is -4.36. The molecule has 0 rings (SSSR count). The molecule has 0 radical (unpaired) electrons. The van der Waals surface area contributed by atoms with E-state index in [2.05, 4.69) is 43.5 Å². The smallest absolute Gasteiger partial charge is 0.387 e. The number of phosphoric ester groups is 1. The Labute approximate surface area is 455 Å². The number of hydrogen-bond acceptors (Lipinski definition) is 5. The highest BCUT2D eigenvalue weighted by atomic mass is 31.2. The molecule has 8 nitrogen and oxygen atoms in total. The van der Waals surface area contributed by atoms with Crippen molar-refractivity contribution in [3.8, 4) is 0 Å². The van der Waals surface area contributed by atoms with Gasteiger partial charge in [-0.3, -0.25) is 13.8 Å². The van der Waals surface area contributed by atoms with Gasteiger partial charge in [-0.1, -0.05) is 288 Å². The molecule has 0 fully saturated rings. The number of unbranched alkanes of at least 4 members (excludes halogenated alkanes) is 42. The van der Waals surface area contributed by atoms with Gasteiger partial charge in [-0.2, -0.15) is 0 Å². The van der Waals surface area contributed by atoms with E-state index < -0.39 is 20.0 Å². The normalized spacial score (nSPS) is 14.0. The highest BCUT2D eigenvalue weighted by Gasteiger charge is 2.27. The fraction of sp³-hybridized carbons (Fsp3) is 0.891. The average Bonchev–Trinajstić information content (AvgIpc) is 3.35. The Morgan fingerprint density at radius 2 is 0.753 bits per heavy atom. The Balaban J connectivity index is 4.13. The van der Waals surface area contributed by atoms with Crippen molar-refractivity contribution in [3.63, 3.8) is 0 Å². The fourth-order valence-corrected chi connectivity index (χ4v) is 10.3. The van der Waals surface area contributed by atoms with Crippen molar-refractivity contribution in [3.05, 3.63) is 36.5 Å². The number of carbonyl (C=O) groups excluding carboxylic acids is 1. The van der Waals surface area contributed by atoms with Gasteiger partial charge < -0.3 is 19.8 Å². The number of nitrogens with zero attached hydrogens (tertiary/aromatic N) is 1. The highest BCUT2D eigenvalue weighted by molar-refractivity contribution is 7.47. The van der Waals surface area contributed by atoms with Crippen molar-refractivity contribution in [1.82, 2.24) is 5.32 Å². The third kappa shape index (κ3) is 58.2. The van der Waals surface area contributed by atoms with Gasteiger partial charge in [0, 0.05) is 6.42 Å². The van der Waals surface area contributed by atoms with Gasteiger partial charge in [0.1, 0.15) is 13.2 Å². The van der Waals surface area contributed by atoms with Crippen LogP contribution in [0.1, 0.15) is 316 Å². The molecule has 0 saturated carbocycles. The number of aliphatic hydroxyl groups excluding tert-OH is 1. The van der Waals surface area contributed by atoms with E-state index in [1.807, 2.05) is 27.2 Å². The molecule has 0 spiro atoms. The molecule has 3 atom stereocenters. The average molecular weight is 1050 g/mol. The molecular weight excluding hydrogens is 924 g/mol. The van der Waals surface area contributed by atoms with E-state index in [1.54, 1.807) is 6.08 Å². The molecule has 0 aromatic rings. The first-order valence-corrected chi connectivity index (χ1v) is 33.4. The Hall–Kier alpha value is -1.28. The van der Waals surface area contributed by atoms with Crippen molar-refractivity contribution in [2.75, 3.05) is 40.9 Å². The molecule has 0 aliphatic rings. The summed E-state index contributed by atoms with van der Waals surface area (Å²) in [4.78, 5) is 23.4. The molecule has 3 unspecified atom stereocenters. The molecule has 0 bridgehead atoms. The van der Waals surface area contributed by atoms with Crippen LogP contribution < -0.4 is 5.32 Å². The van der Waals surface area contributed by atoms with Crippen molar-refractivity contribution < 1.29 is 32.9 Å².